The molecule has 54 heavy (non-hydrogen) atoms. The minimum atomic E-state index is -3.53. The predicted molar refractivity (Wildman–Crippen MR) is 206 cm³/mol. The molecule has 2 aromatic heterocycles. The number of esters is 2. The van der Waals surface area contributed by atoms with E-state index in [9.17, 15) is 18.0 Å². The van der Waals surface area contributed by atoms with Crippen LogP contribution in [0, 0.1) is 23.2 Å². The van der Waals surface area contributed by atoms with E-state index in [4.69, 9.17) is 23.4 Å². The molecule has 1 aromatic carbocycles. The van der Waals surface area contributed by atoms with Gasteiger partial charge in [0.2, 0.25) is 0 Å². The number of fused-ring (bicyclic) bond motifs is 1. The van der Waals surface area contributed by atoms with Crippen LogP contribution in [-0.2, 0) is 48.0 Å². The summed E-state index contributed by atoms with van der Waals surface area (Å²) in [6, 6.07) is 11.7. The van der Waals surface area contributed by atoms with Gasteiger partial charge in [0.25, 0.3) is 10.1 Å². The molecule has 11 nitrogen and oxygen atoms in total. The van der Waals surface area contributed by atoms with Crippen molar-refractivity contribution in [1.82, 2.24) is 9.55 Å². The van der Waals surface area contributed by atoms with Crippen LogP contribution in [0.25, 0.3) is 11.1 Å². The lowest BCUT2D eigenvalue weighted by Crippen LogP contribution is -2.64. The summed E-state index contributed by atoms with van der Waals surface area (Å²) in [5, 5.41) is 0. The number of nitrogens with zero attached hydrogens (tertiary/aromatic N) is 3. The van der Waals surface area contributed by atoms with E-state index in [0.717, 1.165) is 80.1 Å². The Kier molecular flexibility index (Phi) is 9.62. The van der Waals surface area contributed by atoms with E-state index in [1.807, 2.05) is 45.0 Å². The van der Waals surface area contributed by atoms with Crippen molar-refractivity contribution in [2.75, 3.05) is 38.0 Å². The lowest BCUT2D eigenvalue weighted by atomic mass is 9.39. The van der Waals surface area contributed by atoms with Crippen LogP contribution in [0.4, 0.5) is 5.82 Å². The van der Waals surface area contributed by atoms with Crippen LogP contribution in [-0.4, -0.2) is 74.2 Å². The summed E-state index contributed by atoms with van der Waals surface area (Å²) in [6.45, 7) is 14.7. The molecule has 3 aromatic rings. The van der Waals surface area contributed by atoms with Crippen molar-refractivity contribution in [2.45, 2.75) is 111 Å². The summed E-state index contributed by atoms with van der Waals surface area (Å²) >= 11 is 0. The van der Waals surface area contributed by atoms with Gasteiger partial charge in [-0.3, -0.25) is 4.18 Å². The third-order valence-electron chi connectivity index (χ3n) is 12.0. The first kappa shape index (κ1) is 38.5. The molecule has 0 N–H and O–H groups in total. The van der Waals surface area contributed by atoms with Crippen LogP contribution in [0.15, 0.2) is 42.6 Å². The lowest BCUT2D eigenvalue weighted by Gasteiger charge is -2.69. The molecule has 0 saturated heterocycles. The molecule has 292 valence electrons. The average Bonchev–Trinajstić information content (AvgIpc) is 3.41. The Balaban J connectivity index is 1.19. The Morgan fingerprint density at radius 1 is 0.907 bits per heavy atom. The Morgan fingerprint density at radius 3 is 2.30 bits per heavy atom. The fourth-order valence-electron chi connectivity index (χ4n) is 11.4. The number of aromatic nitrogens is 2. The number of anilines is 1. The maximum atomic E-state index is 13.9. The van der Waals surface area contributed by atoms with Crippen LogP contribution in [0.5, 0.6) is 0 Å². The normalized spacial score (nSPS) is 27.5. The summed E-state index contributed by atoms with van der Waals surface area (Å²) in [7, 11) is -2.14. The van der Waals surface area contributed by atoms with Crippen molar-refractivity contribution in [2.24, 2.45) is 16.2 Å². The highest BCUT2D eigenvalue weighted by molar-refractivity contribution is 7.85. The van der Waals surface area contributed by atoms with E-state index in [-0.39, 0.29) is 46.7 Å². The van der Waals surface area contributed by atoms with Crippen molar-refractivity contribution >= 4 is 27.9 Å². The summed E-state index contributed by atoms with van der Waals surface area (Å²) < 4.78 is 48.2. The van der Waals surface area contributed by atoms with Gasteiger partial charge < -0.3 is 23.7 Å². The van der Waals surface area contributed by atoms with Gasteiger partial charge in [-0.1, -0.05) is 26.0 Å². The summed E-state index contributed by atoms with van der Waals surface area (Å²) in [5.41, 5.74) is 4.73. The molecule has 4 bridgehead atoms. The van der Waals surface area contributed by atoms with Gasteiger partial charge in [0.1, 0.15) is 11.4 Å². The highest BCUT2D eigenvalue weighted by Gasteiger charge is 2.66. The van der Waals surface area contributed by atoms with Crippen molar-refractivity contribution in [3.05, 3.63) is 70.7 Å². The molecule has 5 aliphatic rings. The third kappa shape index (κ3) is 7.71. The number of carbonyl (C=O) groups excluding carboxylic acids is 2. The largest absolute Gasteiger partial charge is 0.465 e. The van der Waals surface area contributed by atoms with Gasteiger partial charge in [0.15, 0.2) is 5.69 Å². The second-order valence-electron chi connectivity index (χ2n) is 18.4. The van der Waals surface area contributed by atoms with Crippen LogP contribution in [0.3, 0.4) is 0 Å². The van der Waals surface area contributed by atoms with Crippen LogP contribution in [0.1, 0.15) is 111 Å². The first-order valence-corrected chi connectivity index (χ1v) is 20.9. The highest BCUT2D eigenvalue weighted by Crippen LogP contribution is 2.72. The average molecular weight is 762 g/mol. The van der Waals surface area contributed by atoms with E-state index in [2.05, 4.69) is 42.5 Å². The number of hydrogen-bond acceptors (Lipinski definition) is 10. The molecule has 2 unspecified atom stereocenters. The molecule has 1 aliphatic heterocycles. The van der Waals surface area contributed by atoms with Gasteiger partial charge in [0, 0.05) is 42.7 Å². The maximum Gasteiger partial charge on any atom is 0.358 e. The van der Waals surface area contributed by atoms with Crippen LogP contribution >= 0.6 is 0 Å². The van der Waals surface area contributed by atoms with Gasteiger partial charge in [-0.15, -0.1) is 0 Å². The quantitative estimate of drug-likeness (QED) is 0.112. The number of carbonyl (C=O) groups is 2. The molecule has 4 saturated carbocycles. The molecule has 0 radical (unpaired) electrons. The second-order valence-corrected chi connectivity index (χ2v) is 20.0. The standard InChI is InChI=1S/C42H55N3O8S/c1-28-30(15-17-45(28)27-41-22-39(5)21-40(6,23-41)25-42(24-39,26-41)51-18-19-52-54(8,48)49)31-12-13-34(43-35(31)37(47)53-38(2,3)4)44-16-14-29-10-9-11-32(33(29)20-44)36(46)50-7/h9-13,15,17H,14,16,18-27H2,1-8H3. The smallest absolute Gasteiger partial charge is 0.358 e. The monoisotopic (exact) mass is 761 g/mol. The Bertz CT molecular complexity index is 2060. The Hall–Kier alpha value is -3.74. The molecule has 2 atom stereocenters. The second kappa shape index (κ2) is 13.5. The molecule has 0 spiro atoms. The van der Waals surface area contributed by atoms with Crippen LogP contribution in [0.2, 0.25) is 0 Å². The topological polar surface area (TPSA) is 126 Å². The first-order valence-electron chi connectivity index (χ1n) is 19.0. The molecular formula is C42H55N3O8S. The number of methoxy groups -OCH3 is 1. The lowest BCUT2D eigenvalue weighted by molar-refractivity contribution is -0.249. The highest BCUT2D eigenvalue weighted by atomic mass is 32.2. The van der Waals surface area contributed by atoms with E-state index in [0.29, 0.717) is 30.0 Å². The zero-order chi connectivity index (χ0) is 38.9. The Morgan fingerprint density at radius 2 is 1.63 bits per heavy atom. The number of pyridine rings is 1. The minimum absolute atomic E-state index is 0.000693. The Labute approximate surface area is 319 Å². The minimum Gasteiger partial charge on any atom is -0.465 e. The van der Waals surface area contributed by atoms with Gasteiger partial charge in [-0.2, -0.15) is 8.42 Å². The molecule has 12 heteroatoms. The molecule has 4 aliphatic carbocycles. The fraction of sp³-hybridized carbons (Fsp3) is 0.595. The van der Waals surface area contributed by atoms with Crippen molar-refractivity contribution in [1.29, 1.82) is 0 Å². The number of benzene rings is 1. The zero-order valence-corrected chi connectivity index (χ0v) is 33.9. The van der Waals surface area contributed by atoms with E-state index >= 15 is 0 Å². The van der Waals surface area contributed by atoms with Gasteiger partial charge in [-0.05, 0) is 124 Å². The molecule has 3 heterocycles. The summed E-state index contributed by atoms with van der Waals surface area (Å²) in [4.78, 5) is 33.6. The van der Waals surface area contributed by atoms with E-state index < -0.39 is 21.7 Å². The predicted octanol–water partition coefficient (Wildman–Crippen LogP) is 7.28. The summed E-state index contributed by atoms with van der Waals surface area (Å²) in [6.07, 6.45) is 10.1. The van der Waals surface area contributed by atoms with E-state index in [1.165, 1.54) is 7.11 Å². The van der Waals surface area contributed by atoms with Gasteiger partial charge in [0.05, 0.1) is 37.7 Å². The number of rotatable bonds is 11. The molecule has 4 fully saturated rings. The first-order chi connectivity index (χ1) is 25.2. The van der Waals surface area contributed by atoms with Gasteiger partial charge in [-0.25, -0.2) is 14.6 Å². The van der Waals surface area contributed by atoms with Crippen molar-refractivity contribution in [3.63, 3.8) is 0 Å². The molecule has 8 rings (SSSR count). The third-order valence-corrected chi connectivity index (χ3v) is 12.5. The van der Waals surface area contributed by atoms with Crippen molar-refractivity contribution in [3.8, 4) is 11.1 Å². The molecular weight excluding hydrogens is 707 g/mol. The molecule has 0 amide bonds. The van der Waals surface area contributed by atoms with Crippen molar-refractivity contribution < 1.29 is 36.4 Å². The van der Waals surface area contributed by atoms with E-state index in [1.54, 1.807) is 6.07 Å². The zero-order valence-electron chi connectivity index (χ0n) is 33.0. The van der Waals surface area contributed by atoms with Crippen LogP contribution < -0.4 is 4.90 Å². The van der Waals surface area contributed by atoms with Gasteiger partial charge >= 0.3 is 11.9 Å². The maximum absolute atomic E-state index is 13.9. The fourth-order valence-corrected chi connectivity index (χ4v) is 11.7. The summed E-state index contributed by atoms with van der Waals surface area (Å²) in [5.74, 6) is -0.213. The number of ether oxygens (including phenoxy) is 3. The number of hydrogen-bond donors (Lipinski definition) is 0. The SMILES string of the molecule is COC(=O)c1cccc2c1CN(c1ccc(-c3ccn(CC45CC6(C)CC(C)(C4)CC(OCCOS(C)(=O)=O)(C6)C5)c3C)c(C(=O)OC(C)(C)C)n1)CC2.